The molecule has 2 atom stereocenters. The zero-order valence-corrected chi connectivity index (χ0v) is 21.8. The average Bonchev–Trinajstić information content (AvgIpc) is 2.89. The molecule has 1 aliphatic heterocycles. The minimum atomic E-state index is -0.110. The molecule has 2 aromatic rings. The van der Waals surface area contributed by atoms with Crippen molar-refractivity contribution in [2.45, 2.75) is 52.4 Å². The lowest BCUT2D eigenvalue weighted by Gasteiger charge is -2.41. The fraction of sp³-hybridized carbons (Fsp3) is 0.621. The van der Waals surface area contributed by atoms with E-state index in [0.717, 1.165) is 65.2 Å². The van der Waals surface area contributed by atoms with Crippen LogP contribution in [0, 0.1) is 5.92 Å². The molecule has 0 radical (unpaired) electrons. The fourth-order valence-electron chi connectivity index (χ4n) is 5.46. The fourth-order valence-corrected chi connectivity index (χ4v) is 5.46. The van der Waals surface area contributed by atoms with Gasteiger partial charge >= 0.3 is 0 Å². The molecule has 1 saturated heterocycles. The van der Waals surface area contributed by atoms with Gasteiger partial charge < -0.3 is 10.1 Å². The molecule has 1 heterocycles. The van der Waals surface area contributed by atoms with Gasteiger partial charge in [0, 0.05) is 25.0 Å². The van der Waals surface area contributed by atoms with Gasteiger partial charge in [-0.05, 0) is 54.7 Å². The predicted molar refractivity (Wildman–Crippen MR) is 142 cm³/mol. The van der Waals surface area contributed by atoms with Crippen molar-refractivity contribution in [2.24, 2.45) is 5.92 Å². The van der Waals surface area contributed by atoms with Crippen molar-refractivity contribution in [1.29, 1.82) is 0 Å². The minimum absolute atomic E-state index is 0.110. The number of ether oxygens (including phenoxy) is 1. The molecule has 2 aromatic carbocycles. The third-order valence-electron chi connectivity index (χ3n) is 7.95. The Balaban J connectivity index is 1.90. The summed E-state index contributed by atoms with van der Waals surface area (Å²) in [5, 5.41) is 5.96. The second-order valence-electron chi connectivity index (χ2n) is 9.79. The molecule has 3 rings (SSSR count). The quantitative estimate of drug-likeness (QED) is 0.464. The number of benzene rings is 2. The number of fused-ring (bicyclic) bond motifs is 1. The Labute approximate surface area is 206 Å². The molecule has 5 heteroatoms. The van der Waals surface area contributed by atoms with E-state index in [1.807, 2.05) is 0 Å². The van der Waals surface area contributed by atoms with E-state index in [9.17, 15) is 4.79 Å². The summed E-state index contributed by atoms with van der Waals surface area (Å²) < 4.78 is 5.54. The molecule has 1 amide bonds. The lowest BCUT2D eigenvalue weighted by molar-refractivity contribution is -0.122. The first-order valence-electron chi connectivity index (χ1n) is 13.3. The summed E-state index contributed by atoms with van der Waals surface area (Å²) >= 11 is 0. The van der Waals surface area contributed by atoms with Gasteiger partial charge in [0.05, 0.1) is 19.8 Å². The first kappa shape index (κ1) is 26.7. The number of carbonyl (C=O) groups is 1. The number of amides is 1. The maximum Gasteiger partial charge on any atom is 0.234 e. The molecule has 0 bridgehead atoms. The number of carbonyl (C=O) groups excluding carboxylic acids is 1. The van der Waals surface area contributed by atoms with Crippen LogP contribution in [-0.2, 0) is 14.9 Å². The Morgan fingerprint density at radius 1 is 1.09 bits per heavy atom. The first-order chi connectivity index (χ1) is 16.5. The molecule has 5 nitrogen and oxygen atoms in total. The summed E-state index contributed by atoms with van der Waals surface area (Å²) in [5.41, 5.74) is 1.27. The smallest absolute Gasteiger partial charge is 0.234 e. The molecule has 34 heavy (non-hydrogen) atoms. The van der Waals surface area contributed by atoms with Crippen molar-refractivity contribution in [1.82, 2.24) is 15.1 Å². The standard InChI is InChI=1S/C29H45N3O2/c1-5-24(4)29(16-11-17-32-18-20-34-21-19-32,23-30-28(33)22-31(6-2)7-3)27-15-10-13-25-12-8-9-14-26(25)27/h8-10,12-15,24H,5-7,11,16-23H2,1-4H3,(H,30,33). The van der Waals surface area contributed by atoms with Crippen molar-refractivity contribution in [3.63, 3.8) is 0 Å². The van der Waals surface area contributed by atoms with Crippen molar-refractivity contribution >= 4 is 16.7 Å². The van der Waals surface area contributed by atoms with Crippen molar-refractivity contribution < 1.29 is 9.53 Å². The van der Waals surface area contributed by atoms with E-state index in [4.69, 9.17) is 4.74 Å². The number of morpholine rings is 1. The molecule has 0 aromatic heterocycles. The van der Waals surface area contributed by atoms with Gasteiger partial charge in [-0.3, -0.25) is 14.6 Å². The largest absolute Gasteiger partial charge is 0.379 e. The second kappa shape index (κ2) is 13.2. The van der Waals surface area contributed by atoms with Gasteiger partial charge in [-0.1, -0.05) is 76.6 Å². The third kappa shape index (κ3) is 6.59. The van der Waals surface area contributed by atoms with Gasteiger partial charge in [0.2, 0.25) is 5.91 Å². The predicted octanol–water partition coefficient (Wildman–Crippen LogP) is 4.69. The Morgan fingerprint density at radius 2 is 1.79 bits per heavy atom. The molecule has 1 fully saturated rings. The minimum Gasteiger partial charge on any atom is -0.379 e. The normalized spacial score (nSPS) is 17.6. The zero-order chi connectivity index (χ0) is 24.4. The van der Waals surface area contributed by atoms with Crippen molar-refractivity contribution in [3.8, 4) is 0 Å². The Morgan fingerprint density at radius 3 is 2.50 bits per heavy atom. The van der Waals surface area contributed by atoms with Crippen LogP contribution in [0.1, 0.15) is 52.5 Å². The highest BCUT2D eigenvalue weighted by Crippen LogP contribution is 2.41. The summed E-state index contributed by atoms with van der Waals surface area (Å²) in [6, 6.07) is 15.4. The van der Waals surface area contributed by atoms with Crippen molar-refractivity contribution in [2.75, 3.05) is 59.0 Å². The Kier molecular flexibility index (Phi) is 10.4. The van der Waals surface area contributed by atoms with Gasteiger partial charge in [-0.25, -0.2) is 0 Å². The molecule has 0 saturated carbocycles. The lowest BCUT2D eigenvalue weighted by atomic mass is 9.65. The SMILES string of the molecule is CCC(C)C(CCCN1CCOCC1)(CNC(=O)CN(CC)CC)c1cccc2ccccc12. The van der Waals surface area contributed by atoms with E-state index in [0.29, 0.717) is 19.0 Å². The number of nitrogens with one attached hydrogen (secondary N) is 1. The summed E-state index contributed by atoms with van der Waals surface area (Å²) in [5.74, 6) is 0.571. The number of hydrogen-bond donors (Lipinski definition) is 1. The van der Waals surface area contributed by atoms with E-state index in [2.05, 4.69) is 85.3 Å². The van der Waals surface area contributed by atoms with Crippen LogP contribution in [0.2, 0.25) is 0 Å². The molecule has 2 unspecified atom stereocenters. The van der Waals surface area contributed by atoms with Crippen LogP contribution in [0.25, 0.3) is 10.8 Å². The van der Waals surface area contributed by atoms with Gasteiger partial charge in [-0.2, -0.15) is 0 Å². The van der Waals surface area contributed by atoms with Crippen LogP contribution < -0.4 is 5.32 Å². The summed E-state index contributed by atoms with van der Waals surface area (Å²) in [6.07, 6.45) is 3.24. The maximum atomic E-state index is 13.0. The summed E-state index contributed by atoms with van der Waals surface area (Å²) in [6.45, 7) is 16.6. The first-order valence-corrected chi connectivity index (χ1v) is 13.3. The van der Waals surface area contributed by atoms with E-state index >= 15 is 0 Å². The molecule has 1 N–H and O–H groups in total. The molecule has 0 aliphatic carbocycles. The number of nitrogens with zero attached hydrogens (tertiary/aromatic N) is 2. The Bertz CT molecular complexity index is 887. The highest BCUT2D eigenvalue weighted by Gasteiger charge is 2.38. The van der Waals surface area contributed by atoms with Crippen LogP contribution in [0.4, 0.5) is 0 Å². The highest BCUT2D eigenvalue weighted by atomic mass is 16.5. The van der Waals surface area contributed by atoms with Gasteiger partial charge in [0.15, 0.2) is 0 Å². The third-order valence-corrected chi connectivity index (χ3v) is 7.95. The topological polar surface area (TPSA) is 44.8 Å². The number of hydrogen-bond acceptors (Lipinski definition) is 4. The van der Waals surface area contributed by atoms with E-state index in [-0.39, 0.29) is 11.3 Å². The van der Waals surface area contributed by atoms with E-state index < -0.39 is 0 Å². The second-order valence-corrected chi connectivity index (χ2v) is 9.79. The van der Waals surface area contributed by atoms with Crippen LogP contribution in [-0.4, -0.2) is 74.7 Å². The Hall–Kier alpha value is -1.95. The van der Waals surface area contributed by atoms with Gasteiger partial charge in [0.1, 0.15) is 0 Å². The molecule has 188 valence electrons. The van der Waals surface area contributed by atoms with Gasteiger partial charge in [-0.15, -0.1) is 0 Å². The van der Waals surface area contributed by atoms with Gasteiger partial charge in [0.25, 0.3) is 0 Å². The van der Waals surface area contributed by atoms with Crippen LogP contribution in [0.3, 0.4) is 0 Å². The van der Waals surface area contributed by atoms with Crippen molar-refractivity contribution in [3.05, 3.63) is 48.0 Å². The monoisotopic (exact) mass is 467 g/mol. The maximum absolute atomic E-state index is 13.0. The molecule has 0 spiro atoms. The highest BCUT2D eigenvalue weighted by molar-refractivity contribution is 5.87. The lowest BCUT2D eigenvalue weighted by Crippen LogP contribution is -2.48. The van der Waals surface area contributed by atoms with Crippen LogP contribution >= 0.6 is 0 Å². The number of likely N-dealkylation sites (N-methyl/N-ethyl adjacent to an activating group) is 1. The number of rotatable bonds is 13. The molecular formula is C29H45N3O2. The summed E-state index contributed by atoms with van der Waals surface area (Å²) in [4.78, 5) is 17.7. The summed E-state index contributed by atoms with van der Waals surface area (Å²) in [7, 11) is 0. The van der Waals surface area contributed by atoms with E-state index in [1.54, 1.807) is 0 Å². The average molecular weight is 468 g/mol. The van der Waals surface area contributed by atoms with Crippen LogP contribution in [0.5, 0.6) is 0 Å². The van der Waals surface area contributed by atoms with E-state index in [1.165, 1.54) is 16.3 Å². The molecular weight excluding hydrogens is 422 g/mol. The van der Waals surface area contributed by atoms with Crippen LogP contribution in [0.15, 0.2) is 42.5 Å². The zero-order valence-electron chi connectivity index (χ0n) is 21.8. The molecule has 1 aliphatic rings.